The van der Waals surface area contributed by atoms with E-state index in [1.54, 1.807) is 0 Å². The largest absolute Gasteiger partial charge is 0.394 e. The first-order valence-corrected chi connectivity index (χ1v) is 6.24. The Bertz CT molecular complexity index is 186. The summed E-state index contributed by atoms with van der Waals surface area (Å²) in [6, 6.07) is 0. The maximum Gasteiger partial charge on any atom is 0.140 e. The van der Waals surface area contributed by atoms with Crippen LogP contribution in [0.2, 0.25) is 6.32 Å². The van der Waals surface area contributed by atoms with Crippen LogP contribution >= 0.6 is 0 Å². The summed E-state index contributed by atoms with van der Waals surface area (Å²) in [5, 5.41) is 3.49. The maximum atomic E-state index is 5.47. The molecule has 1 saturated heterocycles. The zero-order chi connectivity index (χ0) is 11.1. The summed E-state index contributed by atoms with van der Waals surface area (Å²) >= 11 is 0. The molecule has 0 aromatic heterocycles. The van der Waals surface area contributed by atoms with E-state index in [1.165, 1.54) is 25.6 Å². The average molecular weight is 207 g/mol. The van der Waals surface area contributed by atoms with Gasteiger partial charge in [0.1, 0.15) is 7.28 Å². The summed E-state index contributed by atoms with van der Waals surface area (Å²) in [7, 11) is 2.42. The molecule has 1 heterocycles. The van der Waals surface area contributed by atoms with Gasteiger partial charge in [0.05, 0.1) is 0 Å². The van der Waals surface area contributed by atoms with Crippen molar-refractivity contribution in [2.45, 2.75) is 51.3 Å². The lowest BCUT2D eigenvalue weighted by Crippen LogP contribution is -2.38. The van der Waals surface area contributed by atoms with Crippen molar-refractivity contribution < 1.29 is 0 Å². The number of nitrogens with one attached hydrogen (secondary N) is 1. The second kappa shape index (κ2) is 6.94. The van der Waals surface area contributed by atoms with E-state index in [-0.39, 0.29) is 0 Å². The minimum Gasteiger partial charge on any atom is -0.394 e. The SMILES string of the molecule is C=C(CCCN)NC1[B]CC(CC)CC1. The van der Waals surface area contributed by atoms with Crippen molar-refractivity contribution >= 4 is 7.28 Å². The number of nitrogens with two attached hydrogens (primary N) is 1. The van der Waals surface area contributed by atoms with E-state index < -0.39 is 0 Å². The molecule has 15 heavy (non-hydrogen) atoms. The van der Waals surface area contributed by atoms with Crippen LogP contribution < -0.4 is 11.1 Å². The first-order chi connectivity index (χ1) is 7.26. The van der Waals surface area contributed by atoms with Gasteiger partial charge in [-0.2, -0.15) is 0 Å². The van der Waals surface area contributed by atoms with Crippen LogP contribution in [-0.4, -0.2) is 19.8 Å². The van der Waals surface area contributed by atoms with Crippen LogP contribution in [0.1, 0.15) is 39.0 Å². The molecule has 2 nitrogen and oxygen atoms in total. The molecule has 1 radical (unpaired) electrons. The molecule has 1 aliphatic rings. The van der Waals surface area contributed by atoms with Gasteiger partial charge in [-0.1, -0.05) is 26.2 Å². The average Bonchev–Trinajstić information content (AvgIpc) is 2.27. The van der Waals surface area contributed by atoms with E-state index in [2.05, 4.69) is 26.1 Å². The van der Waals surface area contributed by atoms with Crippen LogP contribution in [0.3, 0.4) is 0 Å². The second-order valence-corrected chi connectivity index (χ2v) is 4.57. The van der Waals surface area contributed by atoms with E-state index in [0.29, 0.717) is 5.94 Å². The Morgan fingerprint density at radius 2 is 2.33 bits per heavy atom. The molecule has 2 unspecified atom stereocenters. The molecule has 0 bridgehead atoms. The standard InChI is InChI=1S/C12H24BN2/c1-3-11-6-7-12(13-9-11)15-10(2)5-4-8-14/h11-12,15H,2-9,14H2,1H3. The number of hydrogen-bond acceptors (Lipinski definition) is 2. The Balaban J connectivity index is 2.15. The molecule has 0 aromatic rings. The summed E-state index contributed by atoms with van der Waals surface area (Å²) in [6.07, 6.45) is 7.25. The van der Waals surface area contributed by atoms with Crippen LogP contribution in [0.5, 0.6) is 0 Å². The predicted octanol–water partition coefficient (Wildman–Crippen LogP) is 2.10. The third-order valence-electron chi connectivity index (χ3n) is 3.29. The van der Waals surface area contributed by atoms with E-state index in [0.717, 1.165) is 31.0 Å². The molecule has 1 aliphatic heterocycles. The highest BCUT2D eigenvalue weighted by Gasteiger charge is 2.20. The second-order valence-electron chi connectivity index (χ2n) is 4.57. The van der Waals surface area contributed by atoms with Crippen molar-refractivity contribution in [1.82, 2.24) is 5.32 Å². The van der Waals surface area contributed by atoms with Crippen LogP contribution in [0.15, 0.2) is 12.3 Å². The molecule has 3 N–H and O–H groups in total. The highest BCUT2D eigenvalue weighted by molar-refractivity contribution is 6.38. The zero-order valence-electron chi connectivity index (χ0n) is 9.97. The Hall–Kier alpha value is -0.435. The van der Waals surface area contributed by atoms with Gasteiger partial charge in [0, 0.05) is 5.70 Å². The van der Waals surface area contributed by atoms with Gasteiger partial charge in [0.15, 0.2) is 0 Å². The molecular weight excluding hydrogens is 183 g/mol. The van der Waals surface area contributed by atoms with Gasteiger partial charge >= 0.3 is 0 Å². The maximum absolute atomic E-state index is 5.47. The number of hydrogen-bond donors (Lipinski definition) is 2. The highest BCUT2D eigenvalue weighted by atomic mass is 14.9. The smallest absolute Gasteiger partial charge is 0.140 e. The molecular formula is C12H24BN2. The van der Waals surface area contributed by atoms with Crippen LogP contribution in [0.4, 0.5) is 0 Å². The topological polar surface area (TPSA) is 38.0 Å². The molecule has 85 valence electrons. The molecule has 0 amide bonds. The summed E-state index contributed by atoms with van der Waals surface area (Å²) in [6.45, 7) is 7.08. The molecule has 0 aliphatic carbocycles. The molecule has 1 fully saturated rings. The highest BCUT2D eigenvalue weighted by Crippen LogP contribution is 2.23. The number of allylic oxidation sites excluding steroid dienone is 1. The van der Waals surface area contributed by atoms with Crippen molar-refractivity contribution in [2.75, 3.05) is 6.54 Å². The summed E-state index contributed by atoms with van der Waals surface area (Å²) in [4.78, 5) is 0. The normalized spacial score (nSPS) is 25.7. The van der Waals surface area contributed by atoms with Crippen molar-refractivity contribution in [3.8, 4) is 0 Å². The van der Waals surface area contributed by atoms with Crippen LogP contribution in [0.25, 0.3) is 0 Å². The molecule has 3 heteroatoms. The third kappa shape index (κ3) is 4.74. The van der Waals surface area contributed by atoms with E-state index in [9.17, 15) is 0 Å². The van der Waals surface area contributed by atoms with Gasteiger partial charge in [-0.3, -0.25) is 0 Å². The lowest BCUT2D eigenvalue weighted by atomic mass is 9.56. The van der Waals surface area contributed by atoms with Crippen LogP contribution in [-0.2, 0) is 0 Å². The predicted molar refractivity (Wildman–Crippen MR) is 67.9 cm³/mol. The van der Waals surface area contributed by atoms with E-state index in [4.69, 9.17) is 5.73 Å². The Morgan fingerprint density at radius 1 is 1.53 bits per heavy atom. The monoisotopic (exact) mass is 207 g/mol. The Kier molecular flexibility index (Phi) is 5.85. The van der Waals surface area contributed by atoms with Crippen LogP contribution in [0, 0.1) is 5.92 Å². The fraction of sp³-hybridized carbons (Fsp3) is 0.833. The summed E-state index contributed by atoms with van der Waals surface area (Å²) in [5.41, 5.74) is 6.62. The summed E-state index contributed by atoms with van der Waals surface area (Å²) < 4.78 is 0. The first-order valence-electron chi connectivity index (χ1n) is 6.24. The van der Waals surface area contributed by atoms with E-state index in [1.807, 2.05) is 0 Å². The van der Waals surface area contributed by atoms with Crippen molar-refractivity contribution in [3.05, 3.63) is 12.3 Å². The van der Waals surface area contributed by atoms with Gasteiger partial charge in [-0.25, -0.2) is 0 Å². The quantitative estimate of drug-likeness (QED) is 0.654. The zero-order valence-corrected chi connectivity index (χ0v) is 9.97. The molecule has 0 aromatic carbocycles. The number of rotatable bonds is 6. The van der Waals surface area contributed by atoms with Gasteiger partial charge in [-0.15, -0.1) is 0 Å². The van der Waals surface area contributed by atoms with Gasteiger partial charge in [0.25, 0.3) is 0 Å². The minimum atomic E-state index is 0.554. The van der Waals surface area contributed by atoms with Crippen molar-refractivity contribution in [3.63, 3.8) is 0 Å². The molecule has 1 rings (SSSR count). The lowest BCUT2D eigenvalue weighted by molar-refractivity contribution is 0.442. The summed E-state index contributed by atoms with van der Waals surface area (Å²) in [5.74, 6) is 1.47. The molecule has 0 spiro atoms. The van der Waals surface area contributed by atoms with Crippen molar-refractivity contribution in [1.29, 1.82) is 0 Å². The van der Waals surface area contributed by atoms with Gasteiger partial charge in [0.2, 0.25) is 0 Å². The fourth-order valence-corrected chi connectivity index (χ4v) is 2.16. The molecule has 2 atom stereocenters. The Labute approximate surface area is 94.9 Å². The van der Waals surface area contributed by atoms with Crippen molar-refractivity contribution in [2.24, 2.45) is 11.7 Å². The van der Waals surface area contributed by atoms with Gasteiger partial charge in [-0.05, 0) is 44.1 Å². The molecule has 0 saturated carbocycles. The Morgan fingerprint density at radius 3 is 2.87 bits per heavy atom. The third-order valence-corrected chi connectivity index (χ3v) is 3.29. The van der Waals surface area contributed by atoms with E-state index >= 15 is 0 Å². The first kappa shape index (κ1) is 12.6. The fourth-order valence-electron chi connectivity index (χ4n) is 2.16. The van der Waals surface area contributed by atoms with Gasteiger partial charge < -0.3 is 11.1 Å². The minimum absolute atomic E-state index is 0.554. The lowest BCUT2D eigenvalue weighted by Gasteiger charge is -2.29.